The lowest BCUT2D eigenvalue weighted by atomic mass is 9.97. The molecule has 1 atom stereocenters. The summed E-state index contributed by atoms with van der Waals surface area (Å²) in [6.45, 7) is 0. The van der Waals surface area contributed by atoms with Crippen molar-refractivity contribution in [1.82, 2.24) is 19.8 Å². The minimum absolute atomic E-state index is 0.0485. The number of hydrogen-bond acceptors (Lipinski definition) is 6. The van der Waals surface area contributed by atoms with Crippen molar-refractivity contribution in [1.29, 1.82) is 0 Å². The van der Waals surface area contributed by atoms with E-state index in [9.17, 15) is 4.79 Å². The summed E-state index contributed by atoms with van der Waals surface area (Å²) in [5, 5.41) is 18.3. The maximum absolute atomic E-state index is 13.5. The number of carbonyl (C=O) groups excluding carboxylic acids is 1. The summed E-state index contributed by atoms with van der Waals surface area (Å²) in [7, 11) is 3.63. The highest BCUT2D eigenvalue weighted by atomic mass is 32.2. The summed E-state index contributed by atoms with van der Waals surface area (Å²) in [5.74, 6) is 2.51. The van der Waals surface area contributed by atoms with Crippen LogP contribution >= 0.6 is 11.8 Å². The number of fused-ring (bicyclic) bond motifs is 1. The predicted octanol–water partition coefficient (Wildman–Crippen LogP) is 5.32. The van der Waals surface area contributed by atoms with Crippen LogP contribution in [0.1, 0.15) is 48.2 Å². The van der Waals surface area contributed by atoms with Crippen LogP contribution in [0.2, 0.25) is 0 Å². The fourth-order valence-electron chi connectivity index (χ4n) is 4.71. The third kappa shape index (κ3) is 4.37. The molecule has 8 heteroatoms. The van der Waals surface area contributed by atoms with Gasteiger partial charge in [-0.1, -0.05) is 60.3 Å². The van der Waals surface area contributed by atoms with Gasteiger partial charge in [0, 0.05) is 19.4 Å². The van der Waals surface area contributed by atoms with Crippen LogP contribution in [0, 0.1) is 0 Å². The molecule has 7 nitrogen and oxygen atoms in total. The molecule has 2 aliphatic rings. The SMILES string of the molecule is COc1ccc([C@@H]2CC(c3ccc4ccccc4c3)=NN2C(=O)CSc2nnc(C3CC3)n2C)cc1. The molecule has 36 heavy (non-hydrogen) atoms. The molecule has 182 valence electrons. The Morgan fingerprint density at radius 2 is 1.81 bits per heavy atom. The Labute approximate surface area is 214 Å². The first-order valence-electron chi connectivity index (χ1n) is 12.2. The van der Waals surface area contributed by atoms with Crippen LogP contribution in [0.5, 0.6) is 5.75 Å². The number of benzene rings is 3. The maximum Gasteiger partial charge on any atom is 0.253 e. The maximum atomic E-state index is 13.5. The van der Waals surface area contributed by atoms with Crippen molar-refractivity contribution < 1.29 is 9.53 Å². The summed E-state index contributed by atoms with van der Waals surface area (Å²) in [6, 6.07) is 22.4. The lowest BCUT2D eigenvalue weighted by Gasteiger charge is -2.22. The average Bonchev–Trinajstić information content (AvgIpc) is 3.55. The first-order chi connectivity index (χ1) is 17.6. The van der Waals surface area contributed by atoms with Crippen molar-refractivity contribution in [3.63, 3.8) is 0 Å². The van der Waals surface area contributed by atoms with Crippen LogP contribution in [0.3, 0.4) is 0 Å². The number of hydrazone groups is 1. The Morgan fingerprint density at radius 1 is 1.03 bits per heavy atom. The van der Waals surface area contributed by atoms with E-state index in [1.54, 1.807) is 12.1 Å². The summed E-state index contributed by atoms with van der Waals surface area (Å²) in [4.78, 5) is 13.5. The van der Waals surface area contributed by atoms with Gasteiger partial charge in [0.15, 0.2) is 5.16 Å². The molecule has 1 aromatic heterocycles. The van der Waals surface area contributed by atoms with Crippen LogP contribution in [0.4, 0.5) is 0 Å². The molecule has 0 radical (unpaired) electrons. The highest BCUT2D eigenvalue weighted by molar-refractivity contribution is 7.99. The second-order valence-corrected chi connectivity index (χ2v) is 10.2. The third-order valence-electron chi connectivity index (χ3n) is 6.88. The molecule has 0 N–H and O–H groups in total. The molecular formula is C28H27N5O2S. The van der Waals surface area contributed by atoms with Gasteiger partial charge in [-0.15, -0.1) is 10.2 Å². The number of methoxy groups -OCH3 is 1. The molecule has 0 spiro atoms. The van der Waals surface area contributed by atoms with Crippen LogP contribution < -0.4 is 4.74 Å². The van der Waals surface area contributed by atoms with E-state index in [0.717, 1.165) is 39.0 Å². The Morgan fingerprint density at radius 3 is 2.56 bits per heavy atom. The van der Waals surface area contributed by atoms with Crippen LogP contribution in [-0.4, -0.2) is 44.3 Å². The van der Waals surface area contributed by atoms with Crippen LogP contribution in [0.15, 0.2) is 77.0 Å². The molecule has 0 saturated heterocycles. The minimum atomic E-state index is -0.174. The molecular weight excluding hydrogens is 470 g/mol. The van der Waals surface area contributed by atoms with Gasteiger partial charge in [-0.25, -0.2) is 5.01 Å². The summed E-state index contributed by atoms with van der Waals surface area (Å²) in [5.41, 5.74) is 2.98. The van der Waals surface area contributed by atoms with Gasteiger partial charge in [0.25, 0.3) is 5.91 Å². The molecule has 4 aromatic rings. The second-order valence-electron chi connectivity index (χ2n) is 9.30. The third-order valence-corrected chi connectivity index (χ3v) is 7.89. The highest BCUT2D eigenvalue weighted by Gasteiger charge is 2.34. The molecule has 0 bridgehead atoms. The van der Waals surface area contributed by atoms with E-state index in [4.69, 9.17) is 9.84 Å². The first kappa shape index (κ1) is 22.8. The molecule has 6 rings (SSSR count). The number of aromatic nitrogens is 3. The quantitative estimate of drug-likeness (QED) is 0.323. The number of carbonyl (C=O) groups is 1. The Bertz CT molecular complexity index is 1460. The highest BCUT2D eigenvalue weighted by Crippen LogP contribution is 2.40. The Hall–Kier alpha value is -3.65. The first-order valence-corrected chi connectivity index (χ1v) is 13.1. The van der Waals surface area contributed by atoms with Crippen LogP contribution in [-0.2, 0) is 11.8 Å². The lowest BCUT2D eigenvalue weighted by Crippen LogP contribution is -2.28. The van der Waals surface area contributed by atoms with Gasteiger partial charge in [-0.3, -0.25) is 4.79 Å². The van der Waals surface area contributed by atoms with E-state index < -0.39 is 0 Å². The van der Waals surface area contributed by atoms with Crippen LogP contribution in [0.25, 0.3) is 10.8 Å². The van der Waals surface area contributed by atoms with Crippen molar-refractivity contribution in [2.75, 3.05) is 12.9 Å². The smallest absolute Gasteiger partial charge is 0.253 e. The fraction of sp³-hybridized carbons (Fsp3) is 0.286. The van der Waals surface area contributed by atoms with Gasteiger partial charge < -0.3 is 9.30 Å². The minimum Gasteiger partial charge on any atom is -0.497 e. The van der Waals surface area contributed by atoms with Gasteiger partial charge in [-0.05, 0) is 52.9 Å². The summed E-state index contributed by atoms with van der Waals surface area (Å²) in [6.07, 6.45) is 2.98. The zero-order chi connectivity index (χ0) is 24.6. The van der Waals surface area contributed by atoms with E-state index in [2.05, 4.69) is 40.5 Å². The number of nitrogens with zero attached hydrogens (tertiary/aromatic N) is 5. The topological polar surface area (TPSA) is 72.6 Å². The van der Waals surface area contributed by atoms with E-state index in [0.29, 0.717) is 12.3 Å². The van der Waals surface area contributed by atoms with Gasteiger partial charge in [-0.2, -0.15) is 5.10 Å². The average molecular weight is 498 g/mol. The monoisotopic (exact) mass is 497 g/mol. The van der Waals surface area contributed by atoms with Crippen molar-refractivity contribution in [2.45, 2.75) is 36.4 Å². The zero-order valence-corrected chi connectivity index (χ0v) is 21.1. The largest absolute Gasteiger partial charge is 0.497 e. The number of ether oxygens (including phenoxy) is 1. The molecule has 1 aliphatic carbocycles. The zero-order valence-electron chi connectivity index (χ0n) is 20.3. The molecule has 2 heterocycles. The number of hydrogen-bond donors (Lipinski definition) is 0. The standard InChI is InChI=1S/C28H27N5O2S/c1-32-27(20-8-9-20)29-30-28(32)36-17-26(34)33-25(19-11-13-23(35-2)14-12-19)16-24(31-33)22-10-7-18-5-3-4-6-21(18)15-22/h3-7,10-15,20,25H,8-9,16-17H2,1-2H3/t25-/m0/s1. The lowest BCUT2D eigenvalue weighted by molar-refractivity contribution is -0.130. The van der Waals surface area contributed by atoms with Gasteiger partial charge in [0.2, 0.25) is 0 Å². The number of thioether (sulfide) groups is 1. The molecule has 1 aliphatic heterocycles. The van der Waals surface area contributed by atoms with Crippen molar-refractivity contribution in [3.8, 4) is 5.75 Å². The Balaban J connectivity index is 1.27. The second kappa shape index (κ2) is 9.43. The molecule has 1 fully saturated rings. The molecule has 3 aromatic carbocycles. The van der Waals surface area contributed by atoms with Gasteiger partial charge in [0.1, 0.15) is 11.6 Å². The van der Waals surface area contributed by atoms with Crippen molar-refractivity contribution in [2.24, 2.45) is 12.1 Å². The number of rotatable bonds is 7. The van der Waals surface area contributed by atoms with Gasteiger partial charge in [0.05, 0.1) is 24.6 Å². The van der Waals surface area contributed by atoms with Crippen molar-refractivity contribution >= 4 is 34.2 Å². The normalized spacial score (nSPS) is 17.4. The fourth-order valence-corrected chi connectivity index (χ4v) is 5.48. The van der Waals surface area contributed by atoms with E-state index >= 15 is 0 Å². The van der Waals surface area contributed by atoms with E-state index in [1.165, 1.54) is 30.0 Å². The Kier molecular flexibility index (Phi) is 5.97. The summed E-state index contributed by atoms with van der Waals surface area (Å²) < 4.78 is 7.35. The van der Waals surface area contributed by atoms with E-state index in [1.807, 2.05) is 48.0 Å². The molecule has 1 saturated carbocycles. The van der Waals surface area contributed by atoms with Crippen molar-refractivity contribution in [3.05, 3.63) is 83.7 Å². The van der Waals surface area contributed by atoms with E-state index in [-0.39, 0.29) is 17.7 Å². The number of amides is 1. The summed E-state index contributed by atoms with van der Waals surface area (Å²) >= 11 is 1.42. The van der Waals surface area contributed by atoms with Gasteiger partial charge >= 0.3 is 0 Å². The molecule has 0 unspecified atom stereocenters. The predicted molar refractivity (Wildman–Crippen MR) is 141 cm³/mol. The molecule has 1 amide bonds.